The number of allylic oxidation sites excluding steroid dienone is 4. The predicted molar refractivity (Wildman–Crippen MR) is 134 cm³/mol. The quantitative estimate of drug-likeness (QED) is 0.383. The number of aliphatic hydroxyl groups is 2. The van der Waals surface area contributed by atoms with Crippen LogP contribution in [0.2, 0.25) is 0 Å². The van der Waals surface area contributed by atoms with Gasteiger partial charge in [-0.15, -0.1) is 0 Å². The molecule has 1 aromatic carbocycles. The molecule has 0 bridgehead atoms. The van der Waals surface area contributed by atoms with Crippen molar-refractivity contribution in [3.05, 3.63) is 76.4 Å². The summed E-state index contributed by atoms with van der Waals surface area (Å²) < 4.78 is 26.9. The summed E-state index contributed by atoms with van der Waals surface area (Å²) in [4.78, 5) is 0.316. The normalized spacial score (nSPS) is 15.4. The topological polar surface area (TPSA) is 74.6 Å². The first-order valence-electron chi connectivity index (χ1n) is 11.2. The van der Waals surface area contributed by atoms with Crippen LogP contribution in [0.1, 0.15) is 65.9 Å². The van der Waals surface area contributed by atoms with Crippen molar-refractivity contribution in [3.63, 3.8) is 0 Å². The van der Waals surface area contributed by atoms with Gasteiger partial charge in [0, 0.05) is 0 Å². The van der Waals surface area contributed by atoms with Crippen molar-refractivity contribution in [2.75, 3.05) is 6.61 Å². The number of hydrogen-bond donors (Lipinski definition) is 2. The van der Waals surface area contributed by atoms with Crippen LogP contribution in [0.25, 0.3) is 0 Å². The summed E-state index contributed by atoms with van der Waals surface area (Å²) >= 11 is 0. The Morgan fingerprint density at radius 2 is 1.53 bits per heavy atom. The Kier molecular flexibility index (Phi) is 11.9. The molecule has 0 saturated carbocycles. The molecule has 32 heavy (non-hydrogen) atoms. The average molecular weight is 461 g/mol. The van der Waals surface area contributed by atoms with Gasteiger partial charge in [-0.2, -0.15) is 0 Å². The monoisotopic (exact) mass is 460 g/mol. The first-order valence-corrected chi connectivity index (χ1v) is 12.7. The Hall–Kier alpha value is -1.95. The minimum Gasteiger partial charge on any atom is -0.392 e. The van der Waals surface area contributed by atoms with Gasteiger partial charge in [-0.1, -0.05) is 64.3 Å². The molecule has 0 fully saturated rings. The lowest BCUT2D eigenvalue weighted by molar-refractivity contribution is 0.222. The molecule has 2 atom stereocenters. The standard InChI is InChI=1S/C27H40O4S/c1-20(2)8-7-9-22(4)18-27(32(30,31)26-12-10-21(3)11-13-26)19-24(6)17-25(29)16-23(5)14-15-28/h8,10-14,17-18,25,27-29H,7,9,15-16,19H2,1-6H3. The Labute approximate surface area is 195 Å². The Morgan fingerprint density at radius 3 is 2.09 bits per heavy atom. The lowest BCUT2D eigenvalue weighted by atomic mass is 10.0. The van der Waals surface area contributed by atoms with Gasteiger partial charge in [-0.05, 0) is 79.4 Å². The summed E-state index contributed by atoms with van der Waals surface area (Å²) in [6.45, 7) is 11.7. The van der Waals surface area contributed by atoms with Gasteiger partial charge in [0.1, 0.15) is 0 Å². The van der Waals surface area contributed by atoms with E-state index in [1.54, 1.807) is 24.3 Å². The van der Waals surface area contributed by atoms with E-state index in [9.17, 15) is 13.5 Å². The second kappa shape index (κ2) is 13.6. The van der Waals surface area contributed by atoms with Gasteiger partial charge in [0.15, 0.2) is 9.84 Å². The molecule has 0 saturated heterocycles. The third-order valence-electron chi connectivity index (χ3n) is 5.28. The van der Waals surface area contributed by atoms with Gasteiger partial charge in [0.05, 0.1) is 22.9 Å². The van der Waals surface area contributed by atoms with Gasteiger partial charge in [-0.3, -0.25) is 0 Å². The van der Waals surface area contributed by atoms with E-state index in [2.05, 4.69) is 19.9 Å². The largest absolute Gasteiger partial charge is 0.392 e. The molecule has 0 radical (unpaired) electrons. The SMILES string of the molecule is CC(C)=CCCC(C)=CC(CC(C)=CC(O)CC(C)=CCO)S(=O)(=O)c1ccc(C)cc1. The predicted octanol–water partition coefficient (Wildman–Crippen LogP) is 5.86. The van der Waals surface area contributed by atoms with Gasteiger partial charge >= 0.3 is 0 Å². The van der Waals surface area contributed by atoms with Crippen molar-refractivity contribution in [2.24, 2.45) is 0 Å². The lowest BCUT2D eigenvalue weighted by Crippen LogP contribution is -2.21. The van der Waals surface area contributed by atoms with Crippen LogP contribution in [0, 0.1) is 6.92 Å². The van der Waals surface area contributed by atoms with Crippen LogP contribution in [0.15, 0.2) is 75.8 Å². The zero-order valence-corrected chi connectivity index (χ0v) is 21.2. The minimum absolute atomic E-state index is 0.0606. The van der Waals surface area contributed by atoms with Crippen LogP contribution < -0.4 is 0 Å². The number of aryl methyl sites for hydroxylation is 1. The maximum absolute atomic E-state index is 13.5. The van der Waals surface area contributed by atoms with Crippen molar-refractivity contribution in [1.82, 2.24) is 0 Å². The molecule has 4 nitrogen and oxygen atoms in total. The fourth-order valence-electron chi connectivity index (χ4n) is 3.49. The molecule has 0 heterocycles. The summed E-state index contributed by atoms with van der Waals surface area (Å²) in [5, 5.41) is 18.7. The molecule has 5 heteroatoms. The third kappa shape index (κ3) is 10.1. The molecule has 0 amide bonds. The van der Waals surface area contributed by atoms with E-state index in [0.717, 1.165) is 35.1 Å². The van der Waals surface area contributed by atoms with Crippen molar-refractivity contribution in [3.8, 4) is 0 Å². The summed E-state index contributed by atoms with van der Waals surface area (Å²) in [5.74, 6) is 0. The van der Waals surface area contributed by atoms with Crippen LogP contribution in [0.4, 0.5) is 0 Å². The average Bonchev–Trinajstić information content (AvgIpc) is 2.67. The van der Waals surface area contributed by atoms with Crippen LogP contribution in [-0.4, -0.2) is 36.6 Å². The highest BCUT2D eigenvalue weighted by Crippen LogP contribution is 2.25. The molecule has 2 N–H and O–H groups in total. The molecule has 0 spiro atoms. The van der Waals surface area contributed by atoms with Gasteiger partial charge < -0.3 is 10.2 Å². The van der Waals surface area contributed by atoms with Crippen molar-refractivity contribution in [2.45, 2.75) is 83.5 Å². The highest BCUT2D eigenvalue weighted by Gasteiger charge is 2.26. The molecule has 1 rings (SSSR count). The highest BCUT2D eigenvalue weighted by atomic mass is 32.2. The molecule has 1 aromatic rings. The zero-order chi connectivity index (χ0) is 24.3. The molecule has 2 unspecified atom stereocenters. The minimum atomic E-state index is -3.58. The van der Waals surface area contributed by atoms with Crippen LogP contribution in [0.3, 0.4) is 0 Å². The van der Waals surface area contributed by atoms with E-state index in [1.807, 2.05) is 45.9 Å². The number of aliphatic hydroxyl groups excluding tert-OH is 2. The van der Waals surface area contributed by atoms with Crippen molar-refractivity contribution in [1.29, 1.82) is 0 Å². The fraction of sp³-hybridized carbons (Fsp3) is 0.481. The molecule has 0 aromatic heterocycles. The van der Waals surface area contributed by atoms with Crippen molar-refractivity contribution >= 4 is 9.84 Å². The van der Waals surface area contributed by atoms with E-state index in [-0.39, 0.29) is 6.61 Å². The fourth-order valence-corrected chi connectivity index (χ4v) is 5.25. The first kappa shape index (κ1) is 28.1. The third-order valence-corrected chi connectivity index (χ3v) is 7.31. The summed E-state index contributed by atoms with van der Waals surface area (Å²) in [5.41, 5.74) is 5.02. The summed E-state index contributed by atoms with van der Waals surface area (Å²) in [7, 11) is -3.58. The van der Waals surface area contributed by atoms with E-state index in [0.29, 0.717) is 17.7 Å². The molecule has 0 aliphatic rings. The first-order chi connectivity index (χ1) is 14.9. The summed E-state index contributed by atoms with van der Waals surface area (Å²) in [6, 6.07) is 6.97. The van der Waals surface area contributed by atoms with E-state index in [4.69, 9.17) is 5.11 Å². The Morgan fingerprint density at radius 1 is 0.906 bits per heavy atom. The maximum Gasteiger partial charge on any atom is 0.185 e. The van der Waals surface area contributed by atoms with Crippen LogP contribution in [0.5, 0.6) is 0 Å². The smallest absolute Gasteiger partial charge is 0.185 e. The van der Waals surface area contributed by atoms with E-state index >= 15 is 0 Å². The van der Waals surface area contributed by atoms with Crippen LogP contribution in [-0.2, 0) is 9.84 Å². The number of rotatable bonds is 12. The van der Waals surface area contributed by atoms with Crippen LogP contribution >= 0.6 is 0 Å². The molecular weight excluding hydrogens is 420 g/mol. The molecule has 178 valence electrons. The second-order valence-corrected chi connectivity index (χ2v) is 11.1. The van der Waals surface area contributed by atoms with Gasteiger partial charge in [-0.25, -0.2) is 8.42 Å². The van der Waals surface area contributed by atoms with Gasteiger partial charge in [0.2, 0.25) is 0 Å². The Bertz CT molecular complexity index is 944. The summed E-state index contributed by atoms with van der Waals surface area (Å²) in [6.07, 6.45) is 9.10. The van der Waals surface area contributed by atoms with E-state index in [1.165, 1.54) is 5.57 Å². The number of sulfone groups is 1. The van der Waals surface area contributed by atoms with Gasteiger partial charge in [0.25, 0.3) is 0 Å². The number of benzene rings is 1. The lowest BCUT2D eigenvalue weighted by Gasteiger charge is -2.17. The molecular formula is C27H40O4S. The molecule has 0 aliphatic heterocycles. The van der Waals surface area contributed by atoms with E-state index < -0.39 is 21.2 Å². The zero-order valence-electron chi connectivity index (χ0n) is 20.4. The number of hydrogen-bond acceptors (Lipinski definition) is 4. The molecule has 0 aliphatic carbocycles. The Balaban J connectivity index is 3.19. The maximum atomic E-state index is 13.5. The highest BCUT2D eigenvalue weighted by molar-refractivity contribution is 7.92. The second-order valence-electron chi connectivity index (χ2n) is 8.95. The van der Waals surface area contributed by atoms with Crippen molar-refractivity contribution < 1.29 is 18.6 Å².